The Kier molecular flexibility index (Phi) is 4.61. The second kappa shape index (κ2) is 6.25. The summed E-state index contributed by atoms with van der Waals surface area (Å²) in [4.78, 5) is 10.8. The lowest BCUT2D eigenvalue weighted by atomic mass is 10.2. The van der Waals surface area contributed by atoms with Crippen molar-refractivity contribution in [3.8, 4) is 0 Å². The average molecular weight is 326 g/mol. The number of carboxylic acids is 1. The van der Waals surface area contributed by atoms with Crippen molar-refractivity contribution in [1.82, 2.24) is 5.32 Å². The lowest BCUT2D eigenvalue weighted by Crippen LogP contribution is -2.15. The standard InChI is InChI=1S/C13H14N2O4S2/c1-14-7-9-4-2-3-5-11(9)15-21(18,19)10-6-12(13(16)17)20-8-10/h2-6,8,14-15H,7H2,1H3,(H,16,17). The lowest BCUT2D eigenvalue weighted by Gasteiger charge is -2.11. The predicted molar refractivity (Wildman–Crippen MR) is 81.3 cm³/mol. The van der Waals surface area contributed by atoms with E-state index in [1.165, 1.54) is 5.38 Å². The zero-order valence-electron chi connectivity index (χ0n) is 11.2. The number of benzene rings is 1. The molecule has 112 valence electrons. The van der Waals surface area contributed by atoms with E-state index in [1.54, 1.807) is 19.2 Å². The Hall–Kier alpha value is -1.90. The second-order valence-electron chi connectivity index (χ2n) is 4.24. The Morgan fingerprint density at radius 2 is 2.05 bits per heavy atom. The second-order valence-corrected chi connectivity index (χ2v) is 6.84. The molecule has 0 saturated carbocycles. The van der Waals surface area contributed by atoms with Gasteiger partial charge in [-0.3, -0.25) is 4.72 Å². The highest BCUT2D eigenvalue weighted by atomic mass is 32.2. The number of carboxylic acid groups (broad SMARTS) is 1. The van der Waals surface area contributed by atoms with Gasteiger partial charge < -0.3 is 10.4 Å². The molecule has 0 bridgehead atoms. The molecule has 3 N–H and O–H groups in total. The highest BCUT2D eigenvalue weighted by Crippen LogP contribution is 2.23. The number of hydrogen-bond acceptors (Lipinski definition) is 5. The number of sulfonamides is 1. The van der Waals surface area contributed by atoms with E-state index in [4.69, 9.17) is 5.11 Å². The molecule has 0 fully saturated rings. The lowest BCUT2D eigenvalue weighted by molar-refractivity contribution is 0.0702. The van der Waals surface area contributed by atoms with Crippen molar-refractivity contribution in [3.05, 3.63) is 46.2 Å². The van der Waals surface area contributed by atoms with Crippen LogP contribution in [0, 0.1) is 0 Å². The van der Waals surface area contributed by atoms with Crippen LogP contribution in [0.15, 0.2) is 40.6 Å². The maximum atomic E-state index is 12.3. The van der Waals surface area contributed by atoms with E-state index in [9.17, 15) is 13.2 Å². The molecular formula is C13H14N2O4S2. The molecule has 0 aliphatic carbocycles. The zero-order chi connectivity index (χ0) is 15.5. The smallest absolute Gasteiger partial charge is 0.345 e. The summed E-state index contributed by atoms with van der Waals surface area (Å²) < 4.78 is 27.0. The summed E-state index contributed by atoms with van der Waals surface area (Å²) in [7, 11) is -2.03. The number of aromatic carboxylic acids is 1. The maximum Gasteiger partial charge on any atom is 0.345 e. The molecule has 0 atom stereocenters. The first-order chi connectivity index (χ1) is 9.94. The van der Waals surface area contributed by atoms with E-state index in [0.717, 1.165) is 23.0 Å². The van der Waals surface area contributed by atoms with Crippen molar-refractivity contribution < 1.29 is 18.3 Å². The van der Waals surface area contributed by atoms with Crippen molar-refractivity contribution >= 4 is 33.0 Å². The number of carbonyl (C=O) groups is 1. The van der Waals surface area contributed by atoms with Gasteiger partial charge in [0.25, 0.3) is 10.0 Å². The van der Waals surface area contributed by atoms with Gasteiger partial charge in [0, 0.05) is 11.9 Å². The first-order valence-corrected chi connectivity index (χ1v) is 8.37. The first-order valence-electron chi connectivity index (χ1n) is 6.01. The molecule has 0 aliphatic rings. The third-order valence-corrected chi connectivity index (χ3v) is 5.14. The monoisotopic (exact) mass is 326 g/mol. The van der Waals surface area contributed by atoms with Crippen molar-refractivity contribution in [1.29, 1.82) is 0 Å². The molecule has 21 heavy (non-hydrogen) atoms. The highest BCUT2D eigenvalue weighted by molar-refractivity contribution is 7.92. The van der Waals surface area contributed by atoms with Gasteiger partial charge in [-0.2, -0.15) is 0 Å². The topological polar surface area (TPSA) is 95.5 Å². The molecule has 2 rings (SSSR count). The minimum Gasteiger partial charge on any atom is -0.477 e. The average Bonchev–Trinajstić information content (AvgIpc) is 2.92. The van der Waals surface area contributed by atoms with Gasteiger partial charge >= 0.3 is 5.97 Å². The maximum absolute atomic E-state index is 12.3. The number of nitrogens with one attached hydrogen (secondary N) is 2. The number of rotatable bonds is 6. The number of thiophene rings is 1. The summed E-state index contributed by atoms with van der Waals surface area (Å²) in [6.07, 6.45) is 0. The van der Waals surface area contributed by atoms with E-state index in [2.05, 4.69) is 10.0 Å². The molecule has 0 unspecified atom stereocenters. The molecule has 1 heterocycles. The Labute approximate surface area is 126 Å². The molecule has 0 spiro atoms. The zero-order valence-corrected chi connectivity index (χ0v) is 12.8. The third-order valence-electron chi connectivity index (χ3n) is 2.73. The SMILES string of the molecule is CNCc1ccccc1NS(=O)(=O)c1csc(C(=O)O)c1. The van der Waals surface area contributed by atoms with E-state index in [-0.39, 0.29) is 9.77 Å². The summed E-state index contributed by atoms with van der Waals surface area (Å²) in [6.45, 7) is 0.517. The summed E-state index contributed by atoms with van der Waals surface area (Å²) in [5, 5.41) is 13.1. The van der Waals surface area contributed by atoms with Crippen LogP contribution in [0.2, 0.25) is 0 Å². The Bertz CT molecular complexity index is 753. The molecular weight excluding hydrogens is 312 g/mol. The summed E-state index contributed by atoms with van der Waals surface area (Å²) in [5.74, 6) is -1.14. The van der Waals surface area contributed by atoms with Gasteiger partial charge in [0.05, 0.1) is 10.6 Å². The summed E-state index contributed by atoms with van der Waals surface area (Å²) in [5.41, 5.74) is 1.27. The fourth-order valence-corrected chi connectivity index (χ4v) is 3.95. The van der Waals surface area contributed by atoms with Crippen LogP contribution in [-0.4, -0.2) is 26.5 Å². The van der Waals surface area contributed by atoms with Crippen LogP contribution >= 0.6 is 11.3 Å². The molecule has 0 radical (unpaired) electrons. The van der Waals surface area contributed by atoms with E-state index < -0.39 is 16.0 Å². The van der Waals surface area contributed by atoms with Gasteiger partial charge in [-0.15, -0.1) is 11.3 Å². The molecule has 8 heteroatoms. The van der Waals surface area contributed by atoms with Crippen LogP contribution in [0.3, 0.4) is 0 Å². The van der Waals surface area contributed by atoms with Gasteiger partial charge in [-0.05, 0) is 24.7 Å². The summed E-state index contributed by atoms with van der Waals surface area (Å²) >= 11 is 0.878. The molecule has 6 nitrogen and oxygen atoms in total. The van der Waals surface area contributed by atoms with Crippen molar-refractivity contribution in [2.75, 3.05) is 11.8 Å². The van der Waals surface area contributed by atoms with Crippen LogP contribution in [-0.2, 0) is 16.6 Å². The van der Waals surface area contributed by atoms with Crippen LogP contribution in [0.1, 0.15) is 15.2 Å². The van der Waals surface area contributed by atoms with E-state index in [0.29, 0.717) is 12.2 Å². The van der Waals surface area contributed by atoms with Crippen molar-refractivity contribution in [3.63, 3.8) is 0 Å². The van der Waals surface area contributed by atoms with Gasteiger partial charge in [0.1, 0.15) is 4.88 Å². The highest BCUT2D eigenvalue weighted by Gasteiger charge is 2.19. The van der Waals surface area contributed by atoms with E-state index >= 15 is 0 Å². The third kappa shape index (κ3) is 3.60. The Morgan fingerprint density at radius 3 is 2.67 bits per heavy atom. The van der Waals surface area contributed by atoms with Gasteiger partial charge in [-0.1, -0.05) is 18.2 Å². The fraction of sp³-hybridized carbons (Fsp3) is 0.154. The molecule has 1 aromatic heterocycles. The van der Waals surface area contributed by atoms with Crippen molar-refractivity contribution in [2.45, 2.75) is 11.4 Å². The molecule has 0 aliphatic heterocycles. The summed E-state index contributed by atoms with van der Waals surface area (Å²) in [6, 6.07) is 8.17. The Balaban J connectivity index is 2.30. The fourth-order valence-electron chi connectivity index (χ4n) is 1.74. The Morgan fingerprint density at radius 1 is 1.33 bits per heavy atom. The molecule has 1 aromatic carbocycles. The van der Waals surface area contributed by atoms with Gasteiger partial charge in [0.15, 0.2) is 0 Å². The number of anilines is 1. The predicted octanol–water partition coefficient (Wildman–Crippen LogP) is 1.97. The molecule has 0 amide bonds. The molecule has 2 aromatic rings. The van der Waals surface area contributed by atoms with E-state index in [1.807, 2.05) is 12.1 Å². The minimum atomic E-state index is -3.80. The van der Waals surface area contributed by atoms with Crippen LogP contribution in [0.5, 0.6) is 0 Å². The van der Waals surface area contributed by atoms with Crippen LogP contribution in [0.25, 0.3) is 0 Å². The number of hydrogen-bond donors (Lipinski definition) is 3. The minimum absolute atomic E-state index is 0.0149. The van der Waals surface area contributed by atoms with Crippen LogP contribution < -0.4 is 10.0 Å². The first kappa shape index (κ1) is 15.5. The molecule has 0 saturated heterocycles. The quantitative estimate of drug-likeness (QED) is 0.754. The largest absolute Gasteiger partial charge is 0.477 e. The normalized spacial score (nSPS) is 11.3. The van der Waals surface area contributed by atoms with Crippen LogP contribution in [0.4, 0.5) is 5.69 Å². The number of para-hydroxylation sites is 1. The van der Waals surface area contributed by atoms with Gasteiger partial charge in [-0.25, -0.2) is 13.2 Å². The van der Waals surface area contributed by atoms with Crippen molar-refractivity contribution in [2.24, 2.45) is 0 Å². The van der Waals surface area contributed by atoms with Gasteiger partial charge in [0.2, 0.25) is 0 Å².